The number of alkyl halides is 3. The Morgan fingerprint density at radius 2 is 2.08 bits per heavy atom. The van der Waals surface area contributed by atoms with E-state index >= 15 is 0 Å². The van der Waals surface area contributed by atoms with Crippen molar-refractivity contribution in [2.24, 2.45) is 5.92 Å². The highest BCUT2D eigenvalue weighted by Crippen LogP contribution is 2.40. The van der Waals surface area contributed by atoms with Gasteiger partial charge in [-0.3, -0.25) is 4.90 Å². The lowest BCUT2D eigenvalue weighted by Crippen LogP contribution is -2.33. The van der Waals surface area contributed by atoms with Gasteiger partial charge in [0.15, 0.2) is 0 Å². The number of nitrogens with zero attached hydrogens (tertiary/aromatic N) is 4. The van der Waals surface area contributed by atoms with Crippen molar-refractivity contribution in [1.82, 2.24) is 19.7 Å². The quantitative estimate of drug-likeness (QED) is 0.841. The van der Waals surface area contributed by atoms with Crippen molar-refractivity contribution in [3.63, 3.8) is 0 Å². The maximum absolute atomic E-state index is 13.1. The largest absolute Gasteiger partial charge is 0.398 e. The summed E-state index contributed by atoms with van der Waals surface area (Å²) in [6.45, 7) is 4.87. The number of rotatable bonds is 4. The average Bonchev–Trinajstić information content (AvgIpc) is 2.89. The number of hydrogen-bond acceptors (Lipinski definition) is 4. The topological polar surface area (TPSA) is 43.2 Å². The Morgan fingerprint density at radius 3 is 2.79 bits per heavy atom. The summed E-state index contributed by atoms with van der Waals surface area (Å²) < 4.78 is 46.6. The molecule has 1 aromatic rings. The first-order chi connectivity index (χ1) is 11.3. The summed E-state index contributed by atoms with van der Waals surface area (Å²) in [6.07, 6.45) is -1.28. The Morgan fingerprint density at radius 1 is 1.29 bits per heavy atom. The molecule has 3 heterocycles. The van der Waals surface area contributed by atoms with Gasteiger partial charge in [-0.15, -0.1) is 10.2 Å². The van der Waals surface area contributed by atoms with Crippen LogP contribution < -0.4 is 0 Å². The standard InChI is InChI=1S/C16H25F3N4O/c1-11-8-12(5-7-24-11)9-22(2)10-14-20-21-15-13(16(17,18)19)4-3-6-23(14)15/h11-13H,3-10H2,1-2H3. The summed E-state index contributed by atoms with van der Waals surface area (Å²) >= 11 is 0. The molecule has 3 atom stereocenters. The van der Waals surface area contributed by atoms with Crippen LogP contribution in [-0.2, 0) is 17.8 Å². The van der Waals surface area contributed by atoms with E-state index in [1.165, 1.54) is 0 Å². The highest BCUT2D eigenvalue weighted by molar-refractivity contribution is 5.07. The molecule has 0 amide bonds. The summed E-state index contributed by atoms with van der Waals surface area (Å²) in [6, 6.07) is 0. The number of fused-ring (bicyclic) bond motifs is 1. The van der Waals surface area contributed by atoms with Crippen LogP contribution in [0.5, 0.6) is 0 Å². The number of aromatic nitrogens is 3. The Hall–Kier alpha value is -1.15. The van der Waals surface area contributed by atoms with E-state index in [1.54, 1.807) is 4.57 Å². The van der Waals surface area contributed by atoms with Crippen LogP contribution in [0.2, 0.25) is 0 Å². The van der Waals surface area contributed by atoms with Gasteiger partial charge in [0, 0.05) is 19.7 Å². The molecule has 3 rings (SSSR count). The summed E-state index contributed by atoms with van der Waals surface area (Å²) in [5.41, 5.74) is 0. The zero-order valence-corrected chi connectivity index (χ0v) is 14.2. The molecular formula is C16H25F3N4O. The lowest BCUT2D eigenvalue weighted by Gasteiger charge is -2.30. The third-order valence-corrected chi connectivity index (χ3v) is 5.01. The smallest absolute Gasteiger partial charge is 0.378 e. The van der Waals surface area contributed by atoms with Crippen LogP contribution in [0.25, 0.3) is 0 Å². The highest BCUT2D eigenvalue weighted by atomic mass is 19.4. The number of ether oxygens (including phenoxy) is 1. The molecule has 0 spiro atoms. The zero-order chi connectivity index (χ0) is 17.3. The van der Waals surface area contributed by atoms with Gasteiger partial charge in [-0.25, -0.2) is 0 Å². The van der Waals surface area contributed by atoms with Gasteiger partial charge in [-0.2, -0.15) is 13.2 Å². The van der Waals surface area contributed by atoms with Crippen LogP contribution >= 0.6 is 0 Å². The van der Waals surface area contributed by atoms with Crippen molar-refractivity contribution in [2.45, 2.75) is 63.9 Å². The minimum Gasteiger partial charge on any atom is -0.378 e. The van der Waals surface area contributed by atoms with Crippen molar-refractivity contribution < 1.29 is 17.9 Å². The average molecular weight is 346 g/mol. The lowest BCUT2D eigenvalue weighted by atomic mass is 9.96. The third-order valence-electron chi connectivity index (χ3n) is 5.01. The molecular weight excluding hydrogens is 321 g/mol. The molecule has 0 N–H and O–H groups in total. The van der Waals surface area contributed by atoms with Gasteiger partial charge in [-0.1, -0.05) is 0 Å². The first-order valence-electron chi connectivity index (χ1n) is 8.63. The second-order valence-corrected chi connectivity index (χ2v) is 7.13. The molecule has 2 aliphatic heterocycles. The molecule has 0 aliphatic carbocycles. The molecule has 3 unspecified atom stereocenters. The first kappa shape index (κ1) is 17.7. The van der Waals surface area contributed by atoms with E-state index in [1.807, 2.05) is 7.05 Å². The molecule has 24 heavy (non-hydrogen) atoms. The van der Waals surface area contributed by atoms with Gasteiger partial charge in [0.2, 0.25) is 0 Å². The van der Waals surface area contributed by atoms with E-state index in [2.05, 4.69) is 22.0 Å². The lowest BCUT2D eigenvalue weighted by molar-refractivity contribution is -0.156. The zero-order valence-electron chi connectivity index (χ0n) is 14.2. The van der Waals surface area contributed by atoms with E-state index in [9.17, 15) is 13.2 Å². The van der Waals surface area contributed by atoms with Crippen LogP contribution in [-0.4, -0.2) is 52.1 Å². The van der Waals surface area contributed by atoms with E-state index in [4.69, 9.17) is 4.74 Å². The summed E-state index contributed by atoms with van der Waals surface area (Å²) in [4.78, 5) is 2.14. The Kier molecular flexibility index (Phi) is 5.15. The minimum absolute atomic E-state index is 0.0804. The number of hydrogen-bond donors (Lipinski definition) is 0. The highest BCUT2D eigenvalue weighted by Gasteiger charge is 2.45. The molecule has 5 nitrogen and oxygen atoms in total. The second-order valence-electron chi connectivity index (χ2n) is 7.13. The van der Waals surface area contributed by atoms with Crippen molar-refractivity contribution in [3.05, 3.63) is 11.6 Å². The molecule has 0 saturated carbocycles. The van der Waals surface area contributed by atoms with E-state index < -0.39 is 12.1 Å². The van der Waals surface area contributed by atoms with Crippen LogP contribution in [0.15, 0.2) is 0 Å². The normalized spacial score (nSPS) is 28.2. The number of halogens is 3. The molecule has 136 valence electrons. The third kappa shape index (κ3) is 3.91. The molecule has 8 heteroatoms. The molecule has 0 bridgehead atoms. The molecule has 2 aliphatic rings. The summed E-state index contributed by atoms with van der Waals surface area (Å²) in [7, 11) is 1.99. The Bertz CT molecular complexity index is 560. The van der Waals surface area contributed by atoms with Crippen LogP contribution in [0.3, 0.4) is 0 Å². The maximum Gasteiger partial charge on any atom is 0.398 e. The molecule has 1 saturated heterocycles. The van der Waals surface area contributed by atoms with E-state index in [-0.39, 0.29) is 18.3 Å². The molecule has 0 radical (unpaired) electrons. The van der Waals surface area contributed by atoms with Crippen molar-refractivity contribution in [1.29, 1.82) is 0 Å². The molecule has 0 aromatic carbocycles. The molecule has 1 fully saturated rings. The van der Waals surface area contributed by atoms with Gasteiger partial charge in [-0.05, 0) is 45.6 Å². The Labute approximate surface area is 140 Å². The van der Waals surface area contributed by atoms with Crippen LogP contribution in [0.4, 0.5) is 13.2 Å². The monoisotopic (exact) mass is 346 g/mol. The fraction of sp³-hybridized carbons (Fsp3) is 0.875. The SMILES string of the molecule is CC1CC(CN(C)Cc2nnc3n2CCCC3C(F)(F)F)CCO1. The van der Waals surface area contributed by atoms with Crippen molar-refractivity contribution in [2.75, 3.05) is 20.2 Å². The van der Waals surface area contributed by atoms with Gasteiger partial charge in [0.1, 0.15) is 17.6 Å². The van der Waals surface area contributed by atoms with E-state index in [0.29, 0.717) is 31.3 Å². The predicted molar refractivity (Wildman–Crippen MR) is 82.5 cm³/mol. The van der Waals surface area contributed by atoms with Crippen molar-refractivity contribution >= 4 is 0 Å². The van der Waals surface area contributed by atoms with Crippen LogP contribution in [0.1, 0.15) is 50.2 Å². The fourth-order valence-electron chi connectivity index (χ4n) is 3.86. The van der Waals surface area contributed by atoms with Gasteiger partial charge in [0.05, 0.1) is 12.6 Å². The summed E-state index contributed by atoms with van der Waals surface area (Å²) in [5.74, 6) is -0.196. The Balaban J connectivity index is 1.65. The van der Waals surface area contributed by atoms with Gasteiger partial charge < -0.3 is 9.30 Å². The second kappa shape index (κ2) is 7.00. The minimum atomic E-state index is -4.24. The first-order valence-corrected chi connectivity index (χ1v) is 8.63. The predicted octanol–water partition coefficient (Wildman–Crippen LogP) is 2.96. The summed E-state index contributed by atoms with van der Waals surface area (Å²) in [5, 5.41) is 7.92. The maximum atomic E-state index is 13.1. The van der Waals surface area contributed by atoms with Crippen molar-refractivity contribution in [3.8, 4) is 0 Å². The van der Waals surface area contributed by atoms with Gasteiger partial charge in [0.25, 0.3) is 0 Å². The van der Waals surface area contributed by atoms with Gasteiger partial charge >= 0.3 is 6.18 Å². The molecule has 1 aromatic heterocycles. The van der Waals surface area contributed by atoms with Crippen LogP contribution in [0, 0.1) is 5.92 Å². The fourth-order valence-corrected chi connectivity index (χ4v) is 3.86. The van der Waals surface area contributed by atoms with E-state index in [0.717, 1.165) is 26.0 Å².